The summed E-state index contributed by atoms with van der Waals surface area (Å²) in [6.07, 6.45) is -2.62. The zero-order valence-corrected chi connectivity index (χ0v) is 20.4. The fourth-order valence-corrected chi connectivity index (χ4v) is 5.50. The molecule has 0 aliphatic carbocycles. The van der Waals surface area contributed by atoms with Gasteiger partial charge in [0.1, 0.15) is 0 Å². The molecule has 2 saturated heterocycles. The quantitative estimate of drug-likeness (QED) is 0.684. The van der Waals surface area contributed by atoms with E-state index in [0.717, 1.165) is 18.1 Å². The van der Waals surface area contributed by atoms with Gasteiger partial charge in [0.15, 0.2) is 0 Å². The minimum absolute atomic E-state index is 0.118. The number of nitrogens with one attached hydrogen (secondary N) is 1. The van der Waals surface area contributed by atoms with Crippen molar-refractivity contribution in [2.75, 3.05) is 38.1 Å². The molecule has 2 aromatic carbocycles. The Morgan fingerprint density at radius 2 is 1.81 bits per heavy atom. The predicted octanol–water partition coefficient (Wildman–Crippen LogP) is 4.24. The summed E-state index contributed by atoms with van der Waals surface area (Å²) in [5.74, 6) is -0.638. The number of amides is 2. The summed E-state index contributed by atoms with van der Waals surface area (Å²) in [6, 6.07) is 12.9. The molecule has 2 aromatic rings. The van der Waals surface area contributed by atoms with Crippen molar-refractivity contribution in [3.8, 4) is 6.07 Å². The topological polar surface area (TPSA) is 76.4 Å². The van der Waals surface area contributed by atoms with Crippen LogP contribution in [0.1, 0.15) is 46.8 Å². The molecule has 1 spiro atoms. The van der Waals surface area contributed by atoms with E-state index in [1.54, 1.807) is 18.0 Å². The number of carbonyl (C=O) groups excluding carboxylic acids is 2. The van der Waals surface area contributed by atoms with E-state index < -0.39 is 28.6 Å². The van der Waals surface area contributed by atoms with Crippen LogP contribution in [0.2, 0.25) is 0 Å². The average Bonchev–Trinajstić information content (AvgIpc) is 3.26. The number of likely N-dealkylation sites (tertiary alicyclic amines) is 1. The lowest BCUT2D eigenvalue weighted by molar-refractivity contribution is -0.137. The molecule has 2 amide bonds. The third kappa shape index (κ3) is 4.77. The number of nitriles is 1. The summed E-state index contributed by atoms with van der Waals surface area (Å²) in [7, 11) is 1.58. The van der Waals surface area contributed by atoms with Gasteiger partial charge in [0.05, 0.1) is 23.1 Å². The highest BCUT2D eigenvalue weighted by Crippen LogP contribution is 2.46. The molecule has 4 rings (SSSR count). The van der Waals surface area contributed by atoms with Crippen molar-refractivity contribution in [2.45, 2.75) is 32.4 Å². The molecule has 0 saturated carbocycles. The predicted molar refractivity (Wildman–Crippen MR) is 129 cm³/mol. The molecule has 0 radical (unpaired) electrons. The van der Waals surface area contributed by atoms with Crippen molar-refractivity contribution in [3.05, 3.63) is 64.7 Å². The smallest absolute Gasteiger partial charge is 0.371 e. The second kappa shape index (κ2) is 9.84. The fourth-order valence-electron chi connectivity index (χ4n) is 5.50. The Kier molecular flexibility index (Phi) is 6.98. The van der Waals surface area contributed by atoms with Gasteiger partial charge < -0.3 is 15.1 Å². The monoisotopic (exact) mass is 498 g/mol. The van der Waals surface area contributed by atoms with Crippen LogP contribution in [0.4, 0.5) is 18.9 Å². The molecule has 6 nitrogen and oxygen atoms in total. The van der Waals surface area contributed by atoms with Crippen LogP contribution in [-0.4, -0.2) is 49.9 Å². The number of nitrogens with zero attached hydrogens (tertiary/aromatic N) is 3. The SMILES string of the molecule is CCc1ccc(C(=O)N2CC(C(=O)NC)C3(CCN(c4ccc(C#N)c(C(F)(F)F)c4)CC3)C2)cc1. The second-order valence-electron chi connectivity index (χ2n) is 9.59. The van der Waals surface area contributed by atoms with Crippen molar-refractivity contribution < 1.29 is 22.8 Å². The molecular weight excluding hydrogens is 469 g/mol. The third-order valence-electron chi connectivity index (χ3n) is 7.66. The van der Waals surface area contributed by atoms with E-state index in [-0.39, 0.29) is 11.8 Å². The van der Waals surface area contributed by atoms with Crippen LogP contribution < -0.4 is 10.2 Å². The van der Waals surface area contributed by atoms with Crippen molar-refractivity contribution in [2.24, 2.45) is 11.3 Å². The molecule has 2 heterocycles. The largest absolute Gasteiger partial charge is 0.417 e. The Hall–Kier alpha value is -3.54. The van der Waals surface area contributed by atoms with Crippen LogP contribution in [-0.2, 0) is 17.4 Å². The van der Waals surface area contributed by atoms with Gasteiger partial charge in [-0.15, -0.1) is 0 Å². The van der Waals surface area contributed by atoms with Crippen LogP contribution in [0.15, 0.2) is 42.5 Å². The molecule has 2 aliphatic heterocycles. The molecule has 1 atom stereocenters. The van der Waals surface area contributed by atoms with E-state index in [0.29, 0.717) is 50.3 Å². The van der Waals surface area contributed by atoms with E-state index >= 15 is 0 Å². The summed E-state index contributed by atoms with van der Waals surface area (Å²) in [6.45, 7) is 3.68. The molecule has 190 valence electrons. The maximum atomic E-state index is 13.5. The summed E-state index contributed by atoms with van der Waals surface area (Å²) < 4.78 is 40.4. The second-order valence-corrected chi connectivity index (χ2v) is 9.59. The highest BCUT2D eigenvalue weighted by Gasteiger charge is 2.52. The van der Waals surface area contributed by atoms with Crippen LogP contribution in [0.3, 0.4) is 0 Å². The minimum atomic E-state index is -4.62. The summed E-state index contributed by atoms with van der Waals surface area (Å²) in [5, 5.41) is 11.8. The Balaban J connectivity index is 1.54. The normalized spacial score (nSPS) is 19.3. The first-order valence-corrected chi connectivity index (χ1v) is 12.1. The van der Waals surface area contributed by atoms with Gasteiger partial charge in [-0.05, 0) is 55.2 Å². The molecule has 1 N–H and O–H groups in total. The number of aryl methyl sites for hydroxylation is 1. The van der Waals surface area contributed by atoms with Gasteiger partial charge in [-0.1, -0.05) is 19.1 Å². The first-order chi connectivity index (χ1) is 17.1. The number of benzene rings is 2. The maximum absolute atomic E-state index is 13.5. The standard InChI is InChI=1S/C27H29F3N4O2/c1-3-18-4-6-19(7-5-18)25(36)34-16-23(24(35)32-2)26(17-34)10-12-33(13-11-26)21-9-8-20(15-31)22(14-21)27(28,29)30/h4-9,14,23H,3,10-13,16-17H2,1-2H3,(H,32,35). The highest BCUT2D eigenvalue weighted by molar-refractivity contribution is 5.95. The lowest BCUT2D eigenvalue weighted by atomic mass is 9.70. The summed E-state index contributed by atoms with van der Waals surface area (Å²) in [4.78, 5) is 29.7. The number of alkyl halides is 3. The highest BCUT2D eigenvalue weighted by atomic mass is 19.4. The molecule has 1 unspecified atom stereocenters. The van der Waals surface area contributed by atoms with Gasteiger partial charge in [-0.25, -0.2) is 0 Å². The number of halogens is 3. The van der Waals surface area contributed by atoms with E-state index in [9.17, 15) is 22.8 Å². The lowest BCUT2D eigenvalue weighted by Gasteiger charge is -2.43. The maximum Gasteiger partial charge on any atom is 0.417 e. The van der Waals surface area contributed by atoms with Crippen molar-refractivity contribution in [3.63, 3.8) is 0 Å². The van der Waals surface area contributed by atoms with Crippen molar-refractivity contribution in [1.82, 2.24) is 10.2 Å². The van der Waals surface area contributed by atoms with Gasteiger partial charge in [0, 0.05) is 49.9 Å². The Morgan fingerprint density at radius 1 is 1.14 bits per heavy atom. The number of hydrogen-bond acceptors (Lipinski definition) is 4. The molecule has 0 bridgehead atoms. The minimum Gasteiger partial charge on any atom is -0.371 e. The van der Waals surface area contributed by atoms with Gasteiger partial charge in [-0.2, -0.15) is 18.4 Å². The first kappa shape index (κ1) is 25.5. The van der Waals surface area contributed by atoms with Crippen molar-refractivity contribution >= 4 is 17.5 Å². The molecule has 9 heteroatoms. The molecule has 0 aromatic heterocycles. The Labute approximate surface area is 208 Å². The molecule has 2 fully saturated rings. The molecular formula is C27H29F3N4O2. The van der Waals surface area contributed by atoms with Gasteiger partial charge in [0.25, 0.3) is 5.91 Å². The van der Waals surface area contributed by atoms with Crippen LogP contribution in [0.25, 0.3) is 0 Å². The van der Waals surface area contributed by atoms with E-state index in [2.05, 4.69) is 5.32 Å². The number of anilines is 1. The number of hydrogen-bond donors (Lipinski definition) is 1. The average molecular weight is 499 g/mol. The van der Waals surface area contributed by atoms with Gasteiger partial charge >= 0.3 is 6.18 Å². The summed E-state index contributed by atoms with van der Waals surface area (Å²) >= 11 is 0. The van der Waals surface area contributed by atoms with E-state index in [1.807, 2.05) is 36.1 Å². The third-order valence-corrected chi connectivity index (χ3v) is 7.66. The van der Waals surface area contributed by atoms with Crippen molar-refractivity contribution in [1.29, 1.82) is 5.26 Å². The number of carbonyl (C=O) groups is 2. The van der Waals surface area contributed by atoms with E-state index in [4.69, 9.17) is 5.26 Å². The first-order valence-electron chi connectivity index (χ1n) is 12.1. The van der Waals surface area contributed by atoms with Gasteiger partial charge in [-0.3, -0.25) is 9.59 Å². The van der Waals surface area contributed by atoms with E-state index in [1.165, 1.54) is 12.1 Å². The molecule has 2 aliphatic rings. The Morgan fingerprint density at radius 3 is 2.36 bits per heavy atom. The van der Waals surface area contributed by atoms with Crippen LogP contribution in [0, 0.1) is 22.7 Å². The Bertz CT molecular complexity index is 1180. The lowest BCUT2D eigenvalue weighted by Crippen LogP contribution is -2.48. The molecule has 36 heavy (non-hydrogen) atoms. The number of piperidine rings is 1. The fraction of sp³-hybridized carbons (Fsp3) is 0.444. The zero-order chi connectivity index (χ0) is 26.1. The van der Waals surface area contributed by atoms with Gasteiger partial charge in [0.2, 0.25) is 5.91 Å². The number of rotatable bonds is 4. The summed E-state index contributed by atoms with van der Waals surface area (Å²) in [5.41, 5.74) is 0.310. The zero-order valence-electron chi connectivity index (χ0n) is 20.4. The van der Waals surface area contributed by atoms with Crippen LogP contribution >= 0.6 is 0 Å². The van der Waals surface area contributed by atoms with Crippen LogP contribution in [0.5, 0.6) is 0 Å².